The van der Waals surface area contributed by atoms with Crippen LogP contribution in [0, 0.1) is 24.2 Å². The third kappa shape index (κ3) is 8.97. The van der Waals surface area contributed by atoms with Crippen molar-refractivity contribution in [2.45, 2.75) is 59.1 Å². The van der Waals surface area contributed by atoms with E-state index in [0.717, 1.165) is 65.0 Å². The fourth-order valence-corrected chi connectivity index (χ4v) is 5.57. The number of nitriles is 1. The fourth-order valence-electron chi connectivity index (χ4n) is 5.57. The van der Waals surface area contributed by atoms with Crippen LogP contribution in [0.4, 0.5) is 0 Å². The summed E-state index contributed by atoms with van der Waals surface area (Å²) in [6, 6.07) is 30.7. The molecule has 5 rings (SSSR count). The predicted octanol–water partition coefficient (Wildman–Crippen LogP) is 7.47. The molecule has 4 aromatic carbocycles. The summed E-state index contributed by atoms with van der Waals surface area (Å²) in [5.74, 6) is 2.18. The lowest BCUT2D eigenvalue weighted by molar-refractivity contribution is -0.120. The number of benzene rings is 4. The molecule has 1 unspecified atom stereocenters. The standard InChI is InChI=1S/C39H43N3O3/c1-27(2)5-4-6-34-21-36-37(45-38(26-44-36)33-13-7-28(3)8-14-33)22-35(34)24-41-25-39(43)42-20-19-29-9-15-31(16-10-29)32-17-11-30(23-40)12-18-32/h7-18,21-22,27,38,41H,4-6,19-20,24-26H2,1-3H3,(H,42,43). The molecule has 1 atom stereocenters. The average molecular weight is 602 g/mol. The number of hydrogen-bond donors (Lipinski definition) is 2. The molecular weight excluding hydrogens is 558 g/mol. The highest BCUT2D eigenvalue weighted by atomic mass is 16.6. The maximum absolute atomic E-state index is 12.7. The molecule has 232 valence electrons. The Morgan fingerprint density at radius 3 is 2.29 bits per heavy atom. The zero-order valence-electron chi connectivity index (χ0n) is 26.6. The van der Waals surface area contributed by atoms with Crippen LogP contribution in [0.5, 0.6) is 11.5 Å². The molecule has 0 radical (unpaired) electrons. The first-order valence-electron chi connectivity index (χ1n) is 16.0. The highest BCUT2D eigenvalue weighted by molar-refractivity contribution is 5.78. The van der Waals surface area contributed by atoms with Crippen molar-refractivity contribution in [2.75, 3.05) is 19.7 Å². The van der Waals surface area contributed by atoms with E-state index in [9.17, 15) is 4.79 Å². The lowest BCUT2D eigenvalue weighted by atomic mass is 9.97. The van der Waals surface area contributed by atoms with E-state index in [1.165, 1.54) is 11.1 Å². The number of hydrogen-bond acceptors (Lipinski definition) is 5. The van der Waals surface area contributed by atoms with Crippen LogP contribution in [-0.2, 0) is 24.2 Å². The van der Waals surface area contributed by atoms with Crippen LogP contribution in [0.3, 0.4) is 0 Å². The van der Waals surface area contributed by atoms with E-state index in [2.05, 4.69) is 98.1 Å². The summed E-state index contributed by atoms with van der Waals surface area (Å²) in [6.45, 7) is 8.46. The molecule has 1 aliphatic heterocycles. The number of carbonyl (C=O) groups excluding carboxylic acids is 1. The minimum absolute atomic E-state index is 0.0254. The maximum atomic E-state index is 12.7. The van der Waals surface area contributed by atoms with Gasteiger partial charge in [0.25, 0.3) is 0 Å². The Morgan fingerprint density at radius 1 is 0.911 bits per heavy atom. The fraction of sp³-hybridized carbons (Fsp3) is 0.333. The first-order chi connectivity index (χ1) is 21.9. The van der Waals surface area contributed by atoms with Gasteiger partial charge >= 0.3 is 0 Å². The molecule has 1 amide bonds. The second-order valence-corrected chi connectivity index (χ2v) is 12.3. The number of rotatable bonds is 13. The summed E-state index contributed by atoms with van der Waals surface area (Å²) in [6.07, 6.45) is 3.83. The number of amides is 1. The van der Waals surface area contributed by atoms with Crippen molar-refractivity contribution >= 4 is 5.91 Å². The predicted molar refractivity (Wildman–Crippen MR) is 179 cm³/mol. The van der Waals surface area contributed by atoms with Gasteiger partial charge in [-0.05, 0) is 89.8 Å². The number of carbonyl (C=O) groups is 1. The Balaban J connectivity index is 1.13. The van der Waals surface area contributed by atoms with Gasteiger partial charge in [-0.25, -0.2) is 0 Å². The summed E-state index contributed by atoms with van der Waals surface area (Å²) in [4.78, 5) is 12.7. The molecule has 0 bridgehead atoms. The molecule has 0 saturated carbocycles. The van der Waals surface area contributed by atoms with Crippen LogP contribution in [0.15, 0.2) is 84.9 Å². The van der Waals surface area contributed by atoms with Crippen LogP contribution < -0.4 is 20.1 Å². The molecule has 1 heterocycles. The van der Waals surface area contributed by atoms with Gasteiger partial charge in [-0.2, -0.15) is 5.26 Å². The Hall–Kier alpha value is -4.60. The zero-order valence-corrected chi connectivity index (χ0v) is 26.6. The van der Waals surface area contributed by atoms with E-state index < -0.39 is 0 Å². The highest BCUT2D eigenvalue weighted by Gasteiger charge is 2.24. The van der Waals surface area contributed by atoms with Crippen LogP contribution in [0.25, 0.3) is 11.1 Å². The van der Waals surface area contributed by atoms with Crippen LogP contribution in [0.1, 0.15) is 66.2 Å². The average Bonchev–Trinajstić information content (AvgIpc) is 3.05. The zero-order chi connectivity index (χ0) is 31.6. The first kappa shape index (κ1) is 31.8. The van der Waals surface area contributed by atoms with E-state index in [1.807, 2.05) is 24.3 Å². The summed E-state index contributed by atoms with van der Waals surface area (Å²) in [5, 5.41) is 15.4. The molecule has 2 N–H and O–H groups in total. The van der Waals surface area contributed by atoms with Crippen molar-refractivity contribution in [1.29, 1.82) is 5.26 Å². The van der Waals surface area contributed by atoms with Crippen LogP contribution in [-0.4, -0.2) is 25.6 Å². The van der Waals surface area contributed by atoms with Gasteiger partial charge in [-0.15, -0.1) is 0 Å². The Kier molecular flexibility index (Phi) is 10.9. The normalized spacial score (nSPS) is 13.8. The van der Waals surface area contributed by atoms with Crippen molar-refractivity contribution in [2.24, 2.45) is 5.92 Å². The second kappa shape index (κ2) is 15.4. The van der Waals surface area contributed by atoms with E-state index in [4.69, 9.17) is 14.7 Å². The molecule has 6 heteroatoms. The van der Waals surface area contributed by atoms with Crippen molar-refractivity contribution in [3.05, 3.63) is 118 Å². The molecule has 45 heavy (non-hydrogen) atoms. The Labute approximate surface area is 267 Å². The second-order valence-electron chi connectivity index (χ2n) is 12.3. The SMILES string of the molecule is Cc1ccc(C2COc3cc(CCCC(C)C)c(CNCC(=O)NCCc4ccc(-c5ccc(C#N)cc5)cc4)cc3O2)cc1. The molecule has 0 aromatic heterocycles. The minimum Gasteiger partial charge on any atom is -0.485 e. The minimum atomic E-state index is -0.149. The molecule has 0 saturated heterocycles. The summed E-state index contributed by atoms with van der Waals surface area (Å²) in [7, 11) is 0. The third-order valence-corrected chi connectivity index (χ3v) is 8.24. The summed E-state index contributed by atoms with van der Waals surface area (Å²) in [5.41, 5.74) is 8.69. The molecule has 4 aromatic rings. The van der Waals surface area contributed by atoms with Crippen molar-refractivity contribution in [3.8, 4) is 28.7 Å². The van der Waals surface area contributed by atoms with Gasteiger partial charge in [-0.1, -0.05) is 86.5 Å². The topological polar surface area (TPSA) is 83.4 Å². The van der Waals surface area contributed by atoms with Gasteiger partial charge in [0.1, 0.15) is 6.61 Å². The Morgan fingerprint density at radius 2 is 1.60 bits per heavy atom. The van der Waals surface area contributed by atoms with E-state index in [-0.39, 0.29) is 18.6 Å². The highest BCUT2D eigenvalue weighted by Crippen LogP contribution is 2.39. The Bertz CT molecular complexity index is 1600. The van der Waals surface area contributed by atoms with Crippen LogP contribution in [0.2, 0.25) is 0 Å². The van der Waals surface area contributed by atoms with Gasteiger partial charge in [0.2, 0.25) is 5.91 Å². The summed E-state index contributed by atoms with van der Waals surface area (Å²) >= 11 is 0. The molecule has 1 aliphatic rings. The molecule has 0 aliphatic carbocycles. The van der Waals surface area contributed by atoms with Gasteiger partial charge < -0.3 is 20.1 Å². The molecule has 6 nitrogen and oxygen atoms in total. The van der Waals surface area contributed by atoms with Crippen LogP contribution >= 0.6 is 0 Å². The van der Waals surface area contributed by atoms with E-state index in [0.29, 0.717) is 31.2 Å². The largest absolute Gasteiger partial charge is 0.485 e. The number of ether oxygens (including phenoxy) is 2. The number of nitrogens with one attached hydrogen (secondary N) is 2. The summed E-state index contributed by atoms with van der Waals surface area (Å²) < 4.78 is 12.6. The first-order valence-corrected chi connectivity index (χ1v) is 16.0. The maximum Gasteiger partial charge on any atom is 0.233 e. The van der Waals surface area contributed by atoms with Gasteiger partial charge in [0.15, 0.2) is 17.6 Å². The van der Waals surface area contributed by atoms with E-state index in [1.54, 1.807) is 0 Å². The lowest BCUT2D eigenvalue weighted by Crippen LogP contribution is -2.34. The van der Waals surface area contributed by atoms with Gasteiger partial charge in [0.05, 0.1) is 18.2 Å². The van der Waals surface area contributed by atoms with Crippen molar-refractivity contribution in [3.63, 3.8) is 0 Å². The monoisotopic (exact) mass is 601 g/mol. The molecule has 0 fully saturated rings. The molecular formula is C39H43N3O3. The van der Waals surface area contributed by atoms with E-state index >= 15 is 0 Å². The van der Waals surface area contributed by atoms with Gasteiger partial charge in [-0.3, -0.25) is 4.79 Å². The molecule has 0 spiro atoms. The van der Waals surface area contributed by atoms with Gasteiger partial charge in [0, 0.05) is 13.1 Å². The lowest BCUT2D eigenvalue weighted by Gasteiger charge is -2.28. The smallest absolute Gasteiger partial charge is 0.233 e. The number of nitrogens with zero attached hydrogens (tertiary/aromatic N) is 1. The van der Waals surface area contributed by atoms with Crippen molar-refractivity contribution in [1.82, 2.24) is 10.6 Å². The van der Waals surface area contributed by atoms with Crippen molar-refractivity contribution < 1.29 is 14.3 Å². The quantitative estimate of drug-likeness (QED) is 0.166. The number of fused-ring (bicyclic) bond motifs is 1. The third-order valence-electron chi connectivity index (χ3n) is 8.24. The number of aryl methyl sites for hydroxylation is 2.